The zero-order chi connectivity index (χ0) is 13.5. The molecule has 1 heterocycles. The van der Waals surface area contributed by atoms with Crippen molar-refractivity contribution < 1.29 is 9.59 Å². The van der Waals surface area contributed by atoms with E-state index in [1.54, 1.807) is 0 Å². The summed E-state index contributed by atoms with van der Waals surface area (Å²) in [4.78, 5) is 27.4. The summed E-state index contributed by atoms with van der Waals surface area (Å²) >= 11 is 0. The quantitative estimate of drug-likeness (QED) is 0.787. The first-order chi connectivity index (χ1) is 8.62. The lowest BCUT2D eigenvalue weighted by molar-refractivity contribution is -0.133. The number of hydrogen-bond acceptors (Lipinski definition) is 3. The van der Waals surface area contributed by atoms with E-state index >= 15 is 0 Å². The third kappa shape index (κ3) is 3.98. The Hall–Kier alpha value is -1.10. The van der Waals surface area contributed by atoms with E-state index in [0.717, 1.165) is 19.6 Å². The Morgan fingerprint density at radius 2 is 1.50 bits per heavy atom. The highest BCUT2D eigenvalue weighted by Crippen LogP contribution is 2.11. The Bertz CT molecular complexity index is 268. The van der Waals surface area contributed by atoms with Crippen molar-refractivity contribution in [2.24, 2.45) is 5.92 Å². The van der Waals surface area contributed by atoms with E-state index in [9.17, 15) is 9.59 Å². The van der Waals surface area contributed by atoms with Crippen LogP contribution in [0.4, 0.5) is 0 Å². The molecule has 0 aromatic carbocycles. The van der Waals surface area contributed by atoms with Crippen LogP contribution >= 0.6 is 0 Å². The molecule has 1 fully saturated rings. The van der Waals surface area contributed by atoms with Crippen LogP contribution in [0, 0.1) is 5.92 Å². The molecule has 0 aromatic rings. The summed E-state index contributed by atoms with van der Waals surface area (Å²) in [5.41, 5.74) is 0. The number of rotatable bonds is 4. The normalized spacial score (nSPS) is 17.7. The second-order valence-electron chi connectivity index (χ2n) is 4.81. The fourth-order valence-electron chi connectivity index (χ4n) is 2.42. The van der Waals surface area contributed by atoms with Gasteiger partial charge in [0.2, 0.25) is 11.8 Å². The van der Waals surface area contributed by atoms with E-state index in [0.29, 0.717) is 31.8 Å². The molecule has 0 aliphatic carbocycles. The predicted molar refractivity (Wildman–Crippen MR) is 71.2 cm³/mol. The van der Waals surface area contributed by atoms with E-state index in [1.165, 1.54) is 0 Å². The second-order valence-corrected chi connectivity index (χ2v) is 4.81. The molecule has 1 rings (SSSR count). The molecule has 18 heavy (non-hydrogen) atoms. The summed E-state index contributed by atoms with van der Waals surface area (Å²) in [6.45, 7) is 7.44. The standard InChI is InChI=1S/C13H25N3O2/c1-4-12(17)15-6-7-16(13(18)5-2)10-11(9-15)8-14-3/h11,14H,4-10H2,1-3H3. The lowest BCUT2D eigenvalue weighted by atomic mass is 10.1. The molecule has 0 bridgehead atoms. The van der Waals surface area contributed by atoms with E-state index in [4.69, 9.17) is 0 Å². The minimum Gasteiger partial charge on any atom is -0.341 e. The predicted octanol–water partition coefficient (Wildman–Crippen LogP) is 0.313. The van der Waals surface area contributed by atoms with Crippen LogP contribution in [0.1, 0.15) is 26.7 Å². The monoisotopic (exact) mass is 255 g/mol. The minimum atomic E-state index is 0.182. The topological polar surface area (TPSA) is 52.7 Å². The highest BCUT2D eigenvalue weighted by atomic mass is 16.2. The number of amides is 2. The molecule has 1 aliphatic rings. The average molecular weight is 255 g/mol. The Balaban J connectivity index is 2.71. The van der Waals surface area contributed by atoms with Crippen LogP contribution in [0.2, 0.25) is 0 Å². The molecule has 1 aliphatic heterocycles. The van der Waals surface area contributed by atoms with Crippen molar-refractivity contribution in [3.8, 4) is 0 Å². The van der Waals surface area contributed by atoms with Crippen LogP contribution in [-0.4, -0.2) is 61.4 Å². The lowest BCUT2D eigenvalue weighted by Crippen LogP contribution is -2.38. The van der Waals surface area contributed by atoms with Crippen molar-refractivity contribution in [1.82, 2.24) is 15.1 Å². The smallest absolute Gasteiger partial charge is 0.222 e. The molecule has 0 aromatic heterocycles. The number of nitrogens with zero attached hydrogens (tertiary/aromatic N) is 2. The van der Waals surface area contributed by atoms with E-state index < -0.39 is 0 Å². The summed E-state index contributed by atoms with van der Waals surface area (Å²) in [6, 6.07) is 0. The Morgan fingerprint density at radius 1 is 1.06 bits per heavy atom. The molecule has 1 saturated heterocycles. The zero-order valence-corrected chi connectivity index (χ0v) is 11.7. The van der Waals surface area contributed by atoms with E-state index in [2.05, 4.69) is 5.32 Å². The third-order valence-electron chi connectivity index (χ3n) is 3.40. The maximum absolute atomic E-state index is 11.8. The Morgan fingerprint density at radius 3 is 1.83 bits per heavy atom. The molecule has 0 unspecified atom stereocenters. The maximum atomic E-state index is 11.8. The van der Waals surface area contributed by atoms with Crippen LogP contribution < -0.4 is 5.32 Å². The molecule has 0 atom stereocenters. The largest absolute Gasteiger partial charge is 0.341 e. The van der Waals surface area contributed by atoms with Gasteiger partial charge in [0.25, 0.3) is 0 Å². The molecule has 2 amide bonds. The maximum Gasteiger partial charge on any atom is 0.222 e. The second kappa shape index (κ2) is 7.36. The Kier molecular flexibility index (Phi) is 6.12. The summed E-state index contributed by atoms with van der Waals surface area (Å²) < 4.78 is 0. The van der Waals surface area contributed by atoms with Crippen LogP contribution in [-0.2, 0) is 9.59 Å². The van der Waals surface area contributed by atoms with Gasteiger partial charge in [-0.1, -0.05) is 13.8 Å². The van der Waals surface area contributed by atoms with Crippen LogP contribution in [0.25, 0.3) is 0 Å². The van der Waals surface area contributed by atoms with Gasteiger partial charge in [-0.2, -0.15) is 0 Å². The molecule has 0 radical (unpaired) electrons. The zero-order valence-electron chi connectivity index (χ0n) is 11.7. The van der Waals surface area contributed by atoms with Crippen molar-refractivity contribution >= 4 is 11.8 Å². The summed E-state index contributed by atoms with van der Waals surface area (Å²) in [7, 11) is 1.91. The SMILES string of the molecule is CCC(=O)N1CCN(C(=O)CC)CC(CNC)C1. The van der Waals surface area contributed by atoms with Gasteiger partial charge in [-0.15, -0.1) is 0 Å². The summed E-state index contributed by atoms with van der Waals surface area (Å²) in [5, 5.41) is 3.14. The number of nitrogens with one attached hydrogen (secondary N) is 1. The number of hydrogen-bond donors (Lipinski definition) is 1. The summed E-state index contributed by atoms with van der Waals surface area (Å²) in [5.74, 6) is 0.687. The van der Waals surface area contributed by atoms with Crippen molar-refractivity contribution in [1.29, 1.82) is 0 Å². The van der Waals surface area contributed by atoms with Gasteiger partial charge in [0, 0.05) is 51.5 Å². The highest BCUT2D eigenvalue weighted by molar-refractivity contribution is 5.77. The van der Waals surface area contributed by atoms with Gasteiger partial charge in [-0.3, -0.25) is 9.59 Å². The van der Waals surface area contributed by atoms with Crippen molar-refractivity contribution in [2.45, 2.75) is 26.7 Å². The van der Waals surface area contributed by atoms with Gasteiger partial charge in [0.05, 0.1) is 0 Å². The molecule has 104 valence electrons. The van der Waals surface area contributed by atoms with Gasteiger partial charge < -0.3 is 15.1 Å². The van der Waals surface area contributed by atoms with Gasteiger partial charge in [-0.05, 0) is 7.05 Å². The Labute approximate surface area is 110 Å². The molecular formula is C13H25N3O2. The van der Waals surface area contributed by atoms with Gasteiger partial charge in [0.15, 0.2) is 0 Å². The van der Waals surface area contributed by atoms with Gasteiger partial charge in [-0.25, -0.2) is 0 Å². The third-order valence-corrected chi connectivity index (χ3v) is 3.40. The molecular weight excluding hydrogens is 230 g/mol. The first-order valence-corrected chi connectivity index (χ1v) is 6.82. The summed E-state index contributed by atoms with van der Waals surface area (Å²) in [6.07, 6.45) is 1.07. The molecule has 1 N–H and O–H groups in total. The first-order valence-electron chi connectivity index (χ1n) is 6.82. The van der Waals surface area contributed by atoms with Crippen LogP contribution in [0.15, 0.2) is 0 Å². The van der Waals surface area contributed by atoms with Crippen LogP contribution in [0.5, 0.6) is 0 Å². The number of carbonyl (C=O) groups is 2. The van der Waals surface area contributed by atoms with E-state index in [-0.39, 0.29) is 11.8 Å². The van der Waals surface area contributed by atoms with E-state index in [1.807, 2.05) is 30.7 Å². The minimum absolute atomic E-state index is 0.182. The average Bonchev–Trinajstić information content (AvgIpc) is 2.60. The van der Waals surface area contributed by atoms with Crippen molar-refractivity contribution in [2.75, 3.05) is 39.8 Å². The molecule has 5 nitrogen and oxygen atoms in total. The molecule has 0 spiro atoms. The van der Waals surface area contributed by atoms with Gasteiger partial charge >= 0.3 is 0 Å². The fourth-order valence-corrected chi connectivity index (χ4v) is 2.42. The van der Waals surface area contributed by atoms with Crippen molar-refractivity contribution in [3.63, 3.8) is 0 Å². The highest BCUT2D eigenvalue weighted by Gasteiger charge is 2.26. The van der Waals surface area contributed by atoms with Crippen LogP contribution in [0.3, 0.4) is 0 Å². The van der Waals surface area contributed by atoms with Gasteiger partial charge in [0.1, 0.15) is 0 Å². The fraction of sp³-hybridized carbons (Fsp3) is 0.846. The molecule has 0 saturated carbocycles. The first kappa shape index (κ1) is 15.0. The lowest BCUT2D eigenvalue weighted by Gasteiger charge is -2.24. The molecule has 5 heteroatoms. The number of carbonyl (C=O) groups excluding carboxylic acids is 2. The van der Waals surface area contributed by atoms with Crippen molar-refractivity contribution in [3.05, 3.63) is 0 Å².